The van der Waals surface area contributed by atoms with Gasteiger partial charge in [-0.2, -0.15) is 0 Å². The molecule has 0 aromatic heterocycles. The largest absolute Gasteiger partial charge is 0.375 e. The van der Waals surface area contributed by atoms with Gasteiger partial charge in [0.25, 0.3) is 0 Å². The van der Waals surface area contributed by atoms with Crippen LogP contribution in [0.5, 0.6) is 0 Å². The number of nitrogens with one attached hydrogen (secondary N) is 1. The molecule has 5 amide bonds. The highest BCUT2D eigenvalue weighted by Gasteiger charge is 2.52. The van der Waals surface area contributed by atoms with Gasteiger partial charge in [-0.3, -0.25) is 33.8 Å². The Labute approximate surface area is 329 Å². The van der Waals surface area contributed by atoms with Crippen molar-refractivity contribution in [2.45, 2.75) is 198 Å². The van der Waals surface area contributed by atoms with Crippen LogP contribution in [0.3, 0.4) is 0 Å². The molecule has 0 radical (unpaired) electrons. The van der Waals surface area contributed by atoms with Gasteiger partial charge in [-0.05, 0) is 152 Å². The van der Waals surface area contributed by atoms with Gasteiger partial charge in [-0.15, -0.1) is 0 Å². The number of hydrogen-bond donors (Lipinski definition) is 1. The third kappa shape index (κ3) is 8.07. The van der Waals surface area contributed by atoms with E-state index in [0.717, 1.165) is 115 Å². The van der Waals surface area contributed by atoms with Crippen molar-refractivity contribution >= 4 is 29.5 Å². The van der Waals surface area contributed by atoms with Crippen molar-refractivity contribution in [3.8, 4) is 0 Å². The van der Waals surface area contributed by atoms with Crippen LogP contribution in [0.4, 0.5) is 0 Å². The lowest BCUT2D eigenvalue weighted by Gasteiger charge is -2.47. The molecular formula is C45H69N3O7. The van der Waals surface area contributed by atoms with Crippen molar-refractivity contribution in [2.75, 3.05) is 7.05 Å². The van der Waals surface area contributed by atoms with Gasteiger partial charge < -0.3 is 14.8 Å². The maximum Gasteiger partial charge on any atom is 0.233 e. The Morgan fingerprint density at radius 1 is 0.545 bits per heavy atom. The molecule has 10 nitrogen and oxygen atoms in total. The Hall–Kier alpha value is -2.33. The maximum atomic E-state index is 13.2. The number of rotatable bonds is 9. The molecule has 10 heteroatoms. The van der Waals surface area contributed by atoms with Gasteiger partial charge in [0.1, 0.15) is 0 Å². The summed E-state index contributed by atoms with van der Waals surface area (Å²) in [7, 11) is 1.57. The van der Waals surface area contributed by atoms with Crippen molar-refractivity contribution in [1.29, 1.82) is 0 Å². The Kier molecular flexibility index (Phi) is 11.8. The first-order valence-electron chi connectivity index (χ1n) is 22.8. The molecule has 5 unspecified atom stereocenters. The molecule has 2 aliphatic heterocycles. The molecule has 6 saturated carbocycles. The van der Waals surface area contributed by atoms with Crippen LogP contribution in [0.15, 0.2) is 0 Å². The highest BCUT2D eigenvalue weighted by atomic mass is 16.5. The Morgan fingerprint density at radius 3 is 1.49 bits per heavy atom. The fourth-order valence-corrected chi connectivity index (χ4v) is 13.0. The van der Waals surface area contributed by atoms with Crippen LogP contribution in [-0.4, -0.2) is 82.9 Å². The van der Waals surface area contributed by atoms with Gasteiger partial charge in [-0.25, -0.2) is 0 Å². The van der Waals surface area contributed by atoms with Crippen LogP contribution in [-0.2, 0) is 33.4 Å². The molecule has 306 valence electrons. The maximum absolute atomic E-state index is 13.2. The van der Waals surface area contributed by atoms with Crippen LogP contribution in [0.2, 0.25) is 0 Å². The predicted octanol–water partition coefficient (Wildman–Crippen LogP) is 7.11. The molecule has 8 rings (SSSR count). The van der Waals surface area contributed by atoms with Gasteiger partial charge in [0.2, 0.25) is 29.5 Å². The number of imide groups is 2. The van der Waals surface area contributed by atoms with Crippen molar-refractivity contribution in [1.82, 2.24) is 15.1 Å². The van der Waals surface area contributed by atoms with E-state index in [4.69, 9.17) is 9.47 Å². The fraction of sp³-hybridized carbons (Fsp3) is 0.889. The first-order chi connectivity index (χ1) is 26.5. The summed E-state index contributed by atoms with van der Waals surface area (Å²) in [6.07, 6.45) is 24.0. The normalized spacial score (nSPS) is 41.6. The quantitative estimate of drug-likeness (QED) is 0.249. The zero-order valence-electron chi connectivity index (χ0n) is 34.0. The number of likely N-dealkylation sites (tertiary alicyclic amines) is 2. The zero-order valence-corrected chi connectivity index (χ0v) is 34.0. The highest BCUT2D eigenvalue weighted by Crippen LogP contribution is 2.50. The summed E-state index contributed by atoms with van der Waals surface area (Å²) in [6, 6.07) is 0.251. The number of amides is 5. The molecule has 0 spiro atoms. The highest BCUT2D eigenvalue weighted by molar-refractivity contribution is 6.06. The van der Waals surface area contributed by atoms with E-state index in [1.54, 1.807) is 11.9 Å². The first-order valence-corrected chi connectivity index (χ1v) is 22.8. The van der Waals surface area contributed by atoms with E-state index in [2.05, 4.69) is 19.2 Å². The van der Waals surface area contributed by atoms with E-state index in [1.807, 2.05) is 0 Å². The number of hydrogen-bond acceptors (Lipinski definition) is 7. The zero-order chi connectivity index (χ0) is 38.4. The van der Waals surface area contributed by atoms with Gasteiger partial charge in [0.15, 0.2) is 0 Å². The summed E-state index contributed by atoms with van der Waals surface area (Å²) in [5.41, 5.74) is 0.312. The fourth-order valence-electron chi connectivity index (χ4n) is 13.0. The van der Waals surface area contributed by atoms with Crippen LogP contribution >= 0.6 is 0 Å². The van der Waals surface area contributed by atoms with E-state index in [1.165, 1.54) is 30.6 Å². The summed E-state index contributed by atoms with van der Waals surface area (Å²) in [6.45, 7) is 5.04. The van der Waals surface area contributed by atoms with Crippen molar-refractivity contribution in [3.63, 3.8) is 0 Å². The lowest BCUT2D eigenvalue weighted by molar-refractivity contribution is -0.145. The van der Waals surface area contributed by atoms with Crippen LogP contribution in [0.25, 0.3) is 0 Å². The minimum absolute atomic E-state index is 0.0419. The molecule has 0 aromatic rings. The molecule has 6 aliphatic carbocycles. The van der Waals surface area contributed by atoms with Gasteiger partial charge in [0.05, 0.1) is 48.1 Å². The van der Waals surface area contributed by atoms with Crippen LogP contribution in [0, 0.1) is 46.8 Å². The molecule has 55 heavy (non-hydrogen) atoms. The van der Waals surface area contributed by atoms with E-state index < -0.39 is 0 Å². The number of nitrogens with zero attached hydrogens (tertiary/aromatic N) is 2. The van der Waals surface area contributed by atoms with Gasteiger partial charge >= 0.3 is 0 Å². The number of carbonyl (C=O) groups excluding carboxylic acids is 5. The van der Waals surface area contributed by atoms with Crippen LogP contribution < -0.4 is 5.32 Å². The Morgan fingerprint density at radius 2 is 0.982 bits per heavy atom. The molecule has 8 aliphatic rings. The number of ether oxygens (including phenoxy) is 2. The monoisotopic (exact) mass is 764 g/mol. The van der Waals surface area contributed by atoms with E-state index in [9.17, 15) is 24.0 Å². The Balaban J connectivity index is 0.706. The molecule has 2 heterocycles. The lowest BCUT2D eigenvalue weighted by Crippen LogP contribution is -2.44. The number of fused-ring (bicyclic) bond motifs is 2. The second-order valence-electron chi connectivity index (χ2n) is 20.0. The third-order valence-corrected chi connectivity index (χ3v) is 16.6. The number of carbonyl (C=O) groups is 5. The van der Waals surface area contributed by atoms with E-state index >= 15 is 0 Å². The first kappa shape index (κ1) is 39.5. The summed E-state index contributed by atoms with van der Waals surface area (Å²) >= 11 is 0. The van der Waals surface area contributed by atoms with Crippen molar-refractivity contribution in [2.24, 2.45) is 46.8 Å². The molecule has 1 N–H and O–H groups in total. The van der Waals surface area contributed by atoms with E-state index in [-0.39, 0.29) is 83.4 Å². The third-order valence-electron chi connectivity index (χ3n) is 16.6. The molecule has 5 atom stereocenters. The predicted molar refractivity (Wildman–Crippen MR) is 207 cm³/mol. The summed E-state index contributed by atoms with van der Waals surface area (Å²) < 4.78 is 13.4. The molecule has 0 bridgehead atoms. The molecule has 2 saturated heterocycles. The smallest absolute Gasteiger partial charge is 0.233 e. The molecular weight excluding hydrogens is 695 g/mol. The van der Waals surface area contributed by atoms with Gasteiger partial charge in [0, 0.05) is 25.0 Å². The average Bonchev–Trinajstić information content (AvgIpc) is 3.58. The summed E-state index contributed by atoms with van der Waals surface area (Å²) in [5.74, 6) is 0.758. The SMILES string of the molecule is CN1C(=O)C2CCC(C(=O)NC3CCC(OC4CCC(C(C)(C)C5CCC(OC6CCC(N7C(=O)C8CCCCC8C7=O)CC6)CC5)CC4)CC3)CC2C1=O. The second-order valence-corrected chi connectivity index (χ2v) is 20.0. The summed E-state index contributed by atoms with van der Waals surface area (Å²) in [4.78, 5) is 67.3. The van der Waals surface area contributed by atoms with Crippen LogP contribution in [0.1, 0.15) is 162 Å². The average molecular weight is 764 g/mol. The second kappa shape index (κ2) is 16.5. The topological polar surface area (TPSA) is 122 Å². The van der Waals surface area contributed by atoms with Crippen molar-refractivity contribution in [3.05, 3.63) is 0 Å². The minimum atomic E-state index is -0.321. The van der Waals surface area contributed by atoms with E-state index in [0.29, 0.717) is 36.9 Å². The standard InChI is InChI=1S/C45H69N3O7/c1-45(2,29-11-19-33(20-12-29)55-35-23-15-31(16-24-35)48-43(52)36-6-4-5-7-37(36)44(48)53)28-9-17-32(18-10-28)54-34-21-13-30(14-22-34)46-40(49)27-8-25-38-39(26-27)42(51)47(3)41(38)50/h27-39H,4-26H2,1-3H3,(H,46,49). The summed E-state index contributed by atoms with van der Waals surface area (Å²) in [5, 5.41) is 3.29. The lowest BCUT2D eigenvalue weighted by atomic mass is 9.60. The molecule has 0 aromatic carbocycles. The Bertz CT molecular complexity index is 1410. The molecule has 8 fully saturated rings. The minimum Gasteiger partial charge on any atom is -0.375 e. The van der Waals surface area contributed by atoms with Gasteiger partial charge in [-0.1, -0.05) is 26.7 Å². The van der Waals surface area contributed by atoms with Crippen molar-refractivity contribution < 1.29 is 33.4 Å².